The van der Waals surface area contributed by atoms with Gasteiger partial charge in [0, 0.05) is 36.7 Å². The maximum atomic E-state index is 13.7. The Morgan fingerprint density at radius 1 is 1.09 bits per heavy atom. The van der Waals surface area contributed by atoms with Crippen LogP contribution >= 0.6 is 0 Å². The molecule has 3 atom stereocenters. The number of carbonyl (C=O) groups excluding carboxylic acids is 2. The first-order valence-corrected chi connectivity index (χ1v) is 12.7. The first-order valence-electron chi connectivity index (χ1n) is 12.7. The van der Waals surface area contributed by atoms with Crippen molar-refractivity contribution < 1.29 is 9.59 Å². The standard InChI is InChI=1S/C27H45N3O2/c1-6-9-24(26(28)31)25(18-19(2)3)27(32)30-17-8-7-10-23(30)15-16-29-22-13-11-21(12-14-22)20(4)5/h11-14,19-20,23-25,29H,6-10,15-18H2,1-5H3,(H2,28,31). The molecule has 1 aliphatic heterocycles. The fourth-order valence-electron chi connectivity index (χ4n) is 4.97. The summed E-state index contributed by atoms with van der Waals surface area (Å²) < 4.78 is 0. The van der Waals surface area contributed by atoms with Crippen LogP contribution in [-0.4, -0.2) is 35.8 Å². The second-order valence-corrected chi connectivity index (χ2v) is 10.2. The molecular weight excluding hydrogens is 398 g/mol. The van der Waals surface area contributed by atoms with Crippen molar-refractivity contribution >= 4 is 17.5 Å². The summed E-state index contributed by atoms with van der Waals surface area (Å²) in [7, 11) is 0. The van der Waals surface area contributed by atoms with Gasteiger partial charge in [-0.05, 0) is 68.1 Å². The van der Waals surface area contributed by atoms with Crippen LogP contribution in [-0.2, 0) is 9.59 Å². The van der Waals surface area contributed by atoms with Crippen LogP contribution < -0.4 is 11.1 Å². The van der Waals surface area contributed by atoms with E-state index < -0.39 is 0 Å². The Morgan fingerprint density at radius 3 is 2.34 bits per heavy atom. The van der Waals surface area contributed by atoms with Gasteiger partial charge in [-0.15, -0.1) is 0 Å². The Labute approximate surface area is 195 Å². The van der Waals surface area contributed by atoms with Crippen molar-refractivity contribution in [3.63, 3.8) is 0 Å². The number of nitrogens with two attached hydrogens (primary N) is 1. The van der Waals surface area contributed by atoms with Crippen molar-refractivity contribution in [3.05, 3.63) is 29.8 Å². The minimum Gasteiger partial charge on any atom is -0.385 e. The molecule has 1 fully saturated rings. The van der Waals surface area contributed by atoms with E-state index in [9.17, 15) is 9.59 Å². The Morgan fingerprint density at radius 2 is 1.78 bits per heavy atom. The Balaban J connectivity index is 2.05. The van der Waals surface area contributed by atoms with Crippen LogP contribution in [0.1, 0.15) is 91.0 Å². The van der Waals surface area contributed by atoms with Crippen LogP contribution in [0.2, 0.25) is 0 Å². The SMILES string of the molecule is CCCC(C(N)=O)C(CC(C)C)C(=O)N1CCCCC1CCNc1ccc(C(C)C)cc1. The molecule has 0 radical (unpaired) electrons. The van der Waals surface area contributed by atoms with Crippen molar-refractivity contribution in [1.82, 2.24) is 4.90 Å². The highest BCUT2D eigenvalue weighted by Gasteiger charge is 2.37. The van der Waals surface area contributed by atoms with E-state index in [1.807, 2.05) is 0 Å². The summed E-state index contributed by atoms with van der Waals surface area (Å²) in [6.45, 7) is 12.3. The second kappa shape index (κ2) is 12.9. The van der Waals surface area contributed by atoms with Gasteiger partial charge in [0.1, 0.15) is 0 Å². The monoisotopic (exact) mass is 443 g/mol. The van der Waals surface area contributed by atoms with Crippen LogP contribution in [0, 0.1) is 17.8 Å². The average molecular weight is 444 g/mol. The van der Waals surface area contributed by atoms with Crippen LogP contribution in [0.25, 0.3) is 0 Å². The van der Waals surface area contributed by atoms with Gasteiger partial charge in [-0.3, -0.25) is 9.59 Å². The minimum absolute atomic E-state index is 0.141. The van der Waals surface area contributed by atoms with Crippen molar-refractivity contribution in [2.75, 3.05) is 18.4 Å². The predicted molar refractivity (Wildman–Crippen MR) is 134 cm³/mol. The smallest absolute Gasteiger partial charge is 0.226 e. The van der Waals surface area contributed by atoms with Crippen LogP contribution in [0.15, 0.2) is 24.3 Å². The number of nitrogens with one attached hydrogen (secondary N) is 1. The Bertz CT molecular complexity index is 714. The van der Waals surface area contributed by atoms with E-state index in [2.05, 4.69) is 69.1 Å². The molecule has 1 saturated heterocycles. The highest BCUT2D eigenvalue weighted by molar-refractivity contribution is 5.87. The van der Waals surface area contributed by atoms with E-state index in [0.717, 1.165) is 57.3 Å². The molecule has 0 spiro atoms. The zero-order chi connectivity index (χ0) is 23.7. The summed E-state index contributed by atoms with van der Waals surface area (Å²) in [5.41, 5.74) is 8.22. The highest BCUT2D eigenvalue weighted by Crippen LogP contribution is 2.30. The van der Waals surface area contributed by atoms with Gasteiger partial charge in [0.25, 0.3) is 0 Å². The number of anilines is 1. The molecule has 0 bridgehead atoms. The van der Waals surface area contributed by atoms with Crippen LogP contribution in [0.4, 0.5) is 5.69 Å². The number of hydrogen-bond acceptors (Lipinski definition) is 3. The molecule has 180 valence electrons. The molecule has 0 saturated carbocycles. The average Bonchev–Trinajstić information content (AvgIpc) is 2.76. The Kier molecular flexibility index (Phi) is 10.5. The Hall–Kier alpha value is -2.04. The van der Waals surface area contributed by atoms with Gasteiger partial charge in [-0.1, -0.05) is 53.2 Å². The summed E-state index contributed by atoms with van der Waals surface area (Å²) in [6.07, 6.45) is 6.40. The zero-order valence-corrected chi connectivity index (χ0v) is 20.9. The number of carbonyl (C=O) groups is 2. The lowest BCUT2D eigenvalue weighted by Crippen LogP contribution is -2.50. The number of primary amides is 1. The summed E-state index contributed by atoms with van der Waals surface area (Å²) >= 11 is 0. The van der Waals surface area contributed by atoms with Crippen molar-refractivity contribution in [3.8, 4) is 0 Å². The van der Waals surface area contributed by atoms with Crippen molar-refractivity contribution in [1.29, 1.82) is 0 Å². The minimum atomic E-state index is -0.366. The lowest BCUT2D eigenvalue weighted by molar-refractivity contribution is -0.145. The number of nitrogens with zero attached hydrogens (tertiary/aromatic N) is 1. The lowest BCUT2D eigenvalue weighted by atomic mass is 9.80. The first kappa shape index (κ1) is 26.2. The summed E-state index contributed by atoms with van der Waals surface area (Å²) in [6, 6.07) is 8.86. The van der Waals surface area contributed by atoms with E-state index in [-0.39, 0.29) is 29.7 Å². The summed E-state index contributed by atoms with van der Waals surface area (Å²) in [4.78, 5) is 28.0. The number of likely N-dealkylation sites (tertiary alicyclic amines) is 1. The normalized spacial score (nSPS) is 18.6. The molecule has 2 amide bonds. The number of amides is 2. The van der Waals surface area contributed by atoms with Gasteiger partial charge in [-0.2, -0.15) is 0 Å². The molecule has 1 aliphatic rings. The van der Waals surface area contributed by atoms with E-state index in [1.54, 1.807) is 0 Å². The van der Waals surface area contributed by atoms with Gasteiger partial charge < -0.3 is 16.0 Å². The fraction of sp³-hybridized carbons (Fsp3) is 0.704. The van der Waals surface area contributed by atoms with E-state index >= 15 is 0 Å². The van der Waals surface area contributed by atoms with E-state index in [4.69, 9.17) is 5.73 Å². The second-order valence-electron chi connectivity index (χ2n) is 10.2. The predicted octanol–water partition coefficient (Wildman–Crippen LogP) is 5.56. The largest absolute Gasteiger partial charge is 0.385 e. The lowest BCUT2D eigenvalue weighted by Gasteiger charge is -2.39. The topological polar surface area (TPSA) is 75.4 Å². The van der Waals surface area contributed by atoms with E-state index in [0.29, 0.717) is 18.3 Å². The number of rotatable bonds is 12. The third-order valence-electron chi connectivity index (χ3n) is 6.79. The molecule has 3 N–H and O–H groups in total. The summed E-state index contributed by atoms with van der Waals surface area (Å²) in [5, 5.41) is 3.53. The molecule has 5 nitrogen and oxygen atoms in total. The molecule has 32 heavy (non-hydrogen) atoms. The quantitative estimate of drug-likeness (QED) is 0.444. The molecular formula is C27H45N3O2. The maximum absolute atomic E-state index is 13.7. The van der Waals surface area contributed by atoms with E-state index in [1.165, 1.54) is 5.56 Å². The van der Waals surface area contributed by atoms with Crippen molar-refractivity contribution in [2.24, 2.45) is 23.5 Å². The molecule has 5 heteroatoms. The van der Waals surface area contributed by atoms with Crippen LogP contribution in [0.5, 0.6) is 0 Å². The number of hydrogen-bond donors (Lipinski definition) is 2. The first-order chi connectivity index (χ1) is 15.2. The third kappa shape index (κ3) is 7.53. The molecule has 3 unspecified atom stereocenters. The van der Waals surface area contributed by atoms with Gasteiger partial charge in [0.15, 0.2) is 0 Å². The van der Waals surface area contributed by atoms with Crippen LogP contribution in [0.3, 0.4) is 0 Å². The molecule has 2 rings (SSSR count). The summed E-state index contributed by atoms with van der Waals surface area (Å²) in [5.74, 6) is 0.0236. The maximum Gasteiger partial charge on any atom is 0.226 e. The van der Waals surface area contributed by atoms with Gasteiger partial charge >= 0.3 is 0 Å². The van der Waals surface area contributed by atoms with Gasteiger partial charge in [0.2, 0.25) is 11.8 Å². The van der Waals surface area contributed by atoms with Gasteiger partial charge in [0.05, 0.1) is 0 Å². The third-order valence-corrected chi connectivity index (χ3v) is 6.79. The number of benzene rings is 1. The molecule has 0 aromatic heterocycles. The molecule has 0 aliphatic carbocycles. The molecule has 1 aromatic carbocycles. The highest BCUT2D eigenvalue weighted by atomic mass is 16.2. The van der Waals surface area contributed by atoms with Crippen molar-refractivity contribution in [2.45, 2.75) is 91.5 Å². The van der Waals surface area contributed by atoms with Gasteiger partial charge in [-0.25, -0.2) is 0 Å². The molecule has 1 aromatic rings. The molecule has 1 heterocycles. The fourth-order valence-corrected chi connectivity index (χ4v) is 4.97. The number of piperidine rings is 1. The zero-order valence-electron chi connectivity index (χ0n) is 20.9.